The van der Waals surface area contributed by atoms with Gasteiger partial charge in [-0.2, -0.15) is 5.10 Å². The minimum absolute atomic E-state index is 0.203. The lowest BCUT2D eigenvalue weighted by Crippen LogP contribution is -2.22. The van der Waals surface area contributed by atoms with E-state index in [1.165, 1.54) is 19.3 Å². The van der Waals surface area contributed by atoms with Crippen molar-refractivity contribution in [2.45, 2.75) is 52.0 Å². The third-order valence-corrected chi connectivity index (χ3v) is 4.03. The molecule has 1 aliphatic rings. The average Bonchev–Trinajstić information content (AvgIpc) is 2.71. The predicted octanol–water partition coefficient (Wildman–Crippen LogP) is 3.99. The molecule has 94 valence electrons. The molecule has 0 N–H and O–H groups in total. The van der Waals surface area contributed by atoms with Crippen molar-refractivity contribution in [3.8, 4) is 0 Å². The van der Waals surface area contributed by atoms with Crippen LogP contribution in [0, 0.1) is 5.92 Å². The summed E-state index contributed by atoms with van der Waals surface area (Å²) in [6, 6.07) is 0.226. The van der Waals surface area contributed by atoms with Crippen LogP contribution in [-0.2, 0) is 0 Å². The lowest BCUT2D eigenvalue weighted by molar-refractivity contribution is 0.0875. The van der Waals surface area contributed by atoms with Crippen LogP contribution in [0.4, 0.5) is 0 Å². The van der Waals surface area contributed by atoms with E-state index in [-0.39, 0.29) is 17.7 Å². The Balaban J connectivity index is 2.26. The molecular formula is C13H19BrN2O. The van der Waals surface area contributed by atoms with Crippen LogP contribution in [0.3, 0.4) is 0 Å². The number of aromatic nitrogens is 2. The Morgan fingerprint density at radius 3 is 2.65 bits per heavy atom. The van der Waals surface area contributed by atoms with Crippen molar-refractivity contribution in [2.75, 3.05) is 0 Å². The maximum Gasteiger partial charge on any atom is 0.185 e. The van der Waals surface area contributed by atoms with E-state index in [1.807, 2.05) is 4.68 Å². The fourth-order valence-electron chi connectivity index (χ4n) is 2.52. The van der Waals surface area contributed by atoms with E-state index < -0.39 is 0 Å². The lowest BCUT2D eigenvalue weighted by Gasteiger charge is -2.21. The summed E-state index contributed by atoms with van der Waals surface area (Å²) in [5.41, 5.74) is 0.756. The van der Waals surface area contributed by atoms with Crippen LogP contribution in [0.25, 0.3) is 0 Å². The molecule has 1 saturated carbocycles. The van der Waals surface area contributed by atoms with Crippen LogP contribution in [0.5, 0.6) is 0 Å². The zero-order valence-corrected chi connectivity index (χ0v) is 12.0. The molecule has 0 aliphatic heterocycles. The van der Waals surface area contributed by atoms with Crippen molar-refractivity contribution in [3.63, 3.8) is 0 Å². The summed E-state index contributed by atoms with van der Waals surface area (Å²) in [7, 11) is 0. The molecule has 0 aromatic carbocycles. The molecule has 1 aromatic rings. The molecule has 1 aliphatic carbocycles. The highest BCUT2D eigenvalue weighted by atomic mass is 79.9. The largest absolute Gasteiger partial charge is 0.292 e. The molecule has 4 heteroatoms. The summed E-state index contributed by atoms with van der Waals surface area (Å²) in [5.74, 6) is 0.469. The quantitative estimate of drug-likeness (QED) is 0.791. The number of nitrogens with zero attached hydrogens (tertiary/aromatic N) is 2. The van der Waals surface area contributed by atoms with E-state index in [0.717, 1.165) is 23.0 Å². The minimum Gasteiger partial charge on any atom is -0.292 e. The Hall–Kier alpha value is -0.640. The number of hydrogen-bond donors (Lipinski definition) is 0. The number of rotatable bonds is 3. The summed E-state index contributed by atoms with van der Waals surface area (Å²) in [5, 5.41) is 4.28. The second-order valence-corrected chi connectivity index (χ2v) is 5.93. The maximum absolute atomic E-state index is 12.5. The predicted molar refractivity (Wildman–Crippen MR) is 71.2 cm³/mol. The van der Waals surface area contributed by atoms with Crippen molar-refractivity contribution in [1.82, 2.24) is 9.78 Å². The van der Waals surface area contributed by atoms with Crippen molar-refractivity contribution >= 4 is 21.7 Å². The molecule has 1 fully saturated rings. The molecule has 1 aromatic heterocycles. The Morgan fingerprint density at radius 2 is 2.06 bits per heavy atom. The molecule has 0 amide bonds. The van der Waals surface area contributed by atoms with Crippen LogP contribution in [0.2, 0.25) is 0 Å². The van der Waals surface area contributed by atoms with Gasteiger partial charge >= 0.3 is 0 Å². The second kappa shape index (κ2) is 5.34. The van der Waals surface area contributed by atoms with Gasteiger partial charge < -0.3 is 0 Å². The normalized spacial score (nSPS) is 17.6. The van der Waals surface area contributed by atoms with E-state index in [2.05, 4.69) is 34.9 Å². The van der Waals surface area contributed by atoms with Crippen molar-refractivity contribution < 1.29 is 4.79 Å². The van der Waals surface area contributed by atoms with Gasteiger partial charge in [0.1, 0.15) is 5.69 Å². The van der Waals surface area contributed by atoms with E-state index in [0.29, 0.717) is 0 Å². The first-order valence-corrected chi connectivity index (χ1v) is 7.17. The number of Topliss-reactive ketones (excluding diaryl/α,β-unsaturated/α-hetero) is 1. The fraction of sp³-hybridized carbons (Fsp3) is 0.692. The van der Waals surface area contributed by atoms with E-state index in [1.54, 1.807) is 6.20 Å². The van der Waals surface area contributed by atoms with Gasteiger partial charge in [0.15, 0.2) is 5.78 Å². The Labute approximate surface area is 111 Å². The lowest BCUT2D eigenvalue weighted by atomic mass is 9.85. The van der Waals surface area contributed by atoms with E-state index in [9.17, 15) is 4.79 Å². The number of carbonyl (C=O) groups is 1. The van der Waals surface area contributed by atoms with Crippen LogP contribution in [0.15, 0.2) is 10.7 Å². The zero-order valence-electron chi connectivity index (χ0n) is 10.4. The Kier molecular flexibility index (Phi) is 4.02. The second-order valence-electron chi connectivity index (χ2n) is 5.08. The first-order valence-electron chi connectivity index (χ1n) is 6.38. The first-order chi connectivity index (χ1) is 8.11. The van der Waals surface area contributed by atoms with Crippen LogP contribution in [0.1, 0.15) is 62.5 Å². The van der Waals surface area contributed by atoms with Gasteiger partial charge in [0.2, 0.25) is 0 Å². The Bertz CT molecular complexity index is 406. The van der Waals surface area contributed by atoms with Crippen molar-refractivity contribution in [2.24, 2.45) is 5.92 Å². The monoisotopic (exact) mass is 298 g/mol. The highest BCUT2D eigenvalue weighted by molar-refractivity contribution is 9.10. The standard InChI is InChI=1S/C13H19BrN2O/c1-9(2)16-12(11(14)8-15-16)13(17)10-6-4-3-5-7-10/h8-10H,3-7H2,1-2H3. The molecule has 0 spiro atoms. The smallest absolute Gasteiger partial charge is 0.185 e. The topological polar surface area (TPSA) is 34.9 Å². The van der Waals surface area contributed by atoms with Crippen LogP contribution in [-0.4, -0.2) is 15.6 Å². The molecule has 0 bridgehead atoms. The van der Waals surface area contributed by atoms with Gasteiger partial charge in [-0.3, -0.25) is 9.48 Å². The van der Waals surface area contributed by atoms with Crippen LogP contribution >= 0.6 is 15.9 Å². The molecule has 3 nitrogen and oxygen atoms in total. The Morgan fingerprint density at radius 1 is 1.41 bits per heavy atom. The van der Waals surface area contributed by atoms with Crippen molar-refractivity contribution in [3.05, 3.63) is 16.4 Å². The third kappa shape index (κ3) is 2.62. The maximum atomic E-state index is 12.5. The number of ketones is 1. The molecule has 0 saturated heterocycles. The molecule has 1 heterocycles. The van der Waals surface area contributed by atoms with Gasteiger partial charge in [-0.15, -0.1) is 0 Å². The minimum atomic E-state index is 0.203. The fourth-order valence-corrected chi connectivity index (χ4v) is 2.99. The van der Waals surface area contributed by atoms with Gasteiger partial charge in [0.25, 0.3) is 0 Å². The SMILES string of the molecule is CC(C)n1ncc(Br)c1C(=O)C1CCCCC1. The molecular weight excluding hydrogens is 280 g/mol. The van der Waals surface area contributed by atoms with Gasteiger partial charge in [-0.25, -0.2) is 0 Å². The summed E-state index contributed by atoms with van der Waals surface area (Å²) < 4.78 is 2.67. The van der Waals surface area contributed by atoms with E-state index >= 15 is 0 Å². The number of hydrogen-bond acceptors (Lipinski definition) is 2. The van der Waals surface area contributed by atoms with Crippen molar-refractivity contribution in [1.29, 1.82) is 0 Å². The third-order valence-electron chi connectivity index (χ3n) is 3.45. The highest BCUT2D eigenvalue weighted by Crippen LogP contribution is 2.30. The molecule has 0 unspecified atom stereocenters. The summed E-state index contributed by atoms with van der Waals surface area (Å²) >= 11 is 3.45. The molecule has 0 atom stereocenters. The number of halogens is 1. The van der Waals surface area contributed by atoms with Gasteiger partial charge in [0.05, 0.1) is 10.7 Å². The number of carbonyl (C=O) groups excluding carboxylic acids is 1. The zero-order chi connectivity index (χ0) is 12.4. The molecule has 17 heavy (non-hydrogen) atoms. The van der Waals surface area contributed by atoms with Gasteiger partial charge in [0, 0.05) is 12.0 Å². The van der Waals surface area contributed by atoms with Gasteiger partial charge in [-0.05, 0) is 42.6 Å². The summed E-state index contributed by atoms with van der Waals surface area (Å²) in [4.78, 5) is 12.5. The van der Waals surface area contributed by atoms with Gasteiger partial charge in [-0.1, -0.05) is 19.3 Å². The van der Waals surface area contributed by atoms with E-state index in [4.69, 9.17) is 0 Å². The average molecular weight is 299 g/mol. The highest BCUT2D eigenvalue weighted by Gasteiger charge is 2.27. The first kappa shape index (κ1) is 12.8. The van der Waals surface area contributed by atoms with Crippen LogP contribution < -0.4 is 0 Å². The summed E-state index contributed by atoms with van der Waals surface area (Å²) in [6.45, 7) is 4.11. The molecule has 0 radical (unpaired) electrons. The summed E-state index contributed by atoms with van der Waals surface area (Å²) in [6.07, 6.45) is 7.45. The molecule has 2 rings (SSSR count).